The molecule has 0 unspecified atom stereocenters. The molecular formula is C21H25ClN4O3. The van der Waals surface area contributed by atoms with Gasteiger partial charge in [0, 0.05) is 30.9 Å². The van der Waals surface area contributed by atoms with Crippen molar-refractivity contribution in [1.82, 2.24) is 10.3 Å². The van der Waals surface area contributed by atoms with E-state index in [9.17, 15) is 9.59 Å². The molecule has 0 aliphatic rings. The van der Waals surface area contributed by atoms with Gasteiger partial charge in [-0.2, -0.15) is 0 Å². The highest BCUT2D eigenvalue weighted by Crippen LogP contribution is 2.23. The number of nitrogens with one attached hydrogen (secondary N) is 2. The Labute approximate surface area is 175 Å². The molecule has 3 N–H and O–H groups in total. The summed E-state index contributed by atoms with van der Waals surface area (Å²) < 4.78 is 0. The number of carbonyl (C=O) groups is 2. The van der Waals surface area contributed by atoms with Crippen LogP contribution in [0.25, 0.3) is 11.1 Å². The summed E-state index contributed by atoms with van der Waals surface area (Å²) in [5, 5.41) is 17.6. The third-order valence-corrected chi connectivity index (χ3v) is 4.61. The second-order valence-corrected chi connectivity index (χ2v) is 6.93. The monoisotopic (exact) mass is 416 g/mol. The number of pyridine rings is 1. The van der Waals surface area contributed by atoms with Crippen molar-refractivity contribution in [3.63, 3.8) is 0 Å². The van der Waals surface area contributed by atoms with E-state index in [4.69, 9.17) is 16.8 Å². The number of rotatable bonds is 10. The van der Waals surface area contributed by atoms with E-state index in [0.717, 1.165) is 42.5 Å². The van der Waals surface area contributed by atoms with Gasteiger partial charge in [0.25, 0.3) is 5.91 Å². The van der Waals surface area contributed by atoms with Crippen molar-refractivity contribution >= 4 is 34.8 Å². The largest absolute Gasteiger partial charge is 0.410 e. The van der Waals surface area contributed by atoms with Gasteiger partial charge in [0.1, 0.15) is 10.9 Å². The highest BCUT2D eigenvalue weighted by atomic mass is 35.5. The zero-order chi connectivity index (χ0) is 21.1. The normalized spacial score (nSPS) is 11.2. The number of hydrogen-bond acceptors (Lipinski definition) is 5. The van der Waals surface area contributed by atoms with Gasteiger partial charge in [0.15, 0.2) is 0 Å². The lowest BCUT2D eigenvalue weighted by Crippen LogP contribution is -2.27. The molecule has 1 heterocycles. The van der Waals surface area contributed by atoms with Gasteiger partial charge in [0.2, 0.25) is 5.91 Å². The molecule has 7 nitrogen and oxygen atoms in total. The number of benzene rings is 1. The summed E-state index contributed by atoms with van der Waals surface area (Å²) in [4.78, 5) is 27.6. The fourth-order valence-electron chi connectivity index (χ4n) is 2.83. The molecular weight excluding hydrogens is 392 g/mol. The van der Waals surface area contributed by atoms with Gasteiger partial charge in [0.05, 0.1) is 0 Å². The lowest BCUT2D eigenvalue weighted by molar-refractivity contribution is -0.116. The minimum absolute atomic E-state index is 0.0423. The molecule has 0 aliphatic carbocycles. The number of nitrogens with zero attached hydrogens (tertiary/aromatic N) is 2. The number of hydrogen-bond donors (Lipinski definition) is 3. The summed E-state index contributed by atoms with van der Waals surface area (Å²) in [6.07, 6.45) is 5.71. The third-order valence-electron chi connectivity index (χ3n) is 4.38. The Kier molecular flexibility index (Phi) is 9.11. The van der Waals surface area contributed by atoms with Crippen LogP contribution in [0.1, 0.15) is 38.5 Å². The number of amides is 2. The van der Waals surface area contributed by atoms with Crippen molar-refractivity contribution < 1.29 is 14.8 Å². The molecule has 0 spiro atoms. The van der Waals surface area contributed by atoms with Crippen LogP contribution < -0.4 is 10.6 Å². The van der Waals surface area contributed by atoms with Crippen LogP contribution in [0.2, 0.25) is 5.15 Å². The molecule has 2 rings (SSSR count). The minimum atomic E-state index is -0.372. The molecule has 1 aromatic carbocycles. The van der Waals surface area contributed by atoms with Crippen LogP contribution in [0.5, 0.6) is 0 Å². The summed E-state index contributed by atoms with van der Waals surface area (Å²) in [5.74, 6) is -0.414. The predicted molar refractivity (Wildman–Crippen MR) is 114 cm³/mol. The molecule has 0 saturated carbocycles. The summed E-state index contributed by atoms with van der Waals surface area (Å²) in [5.41, 5.74) is 2.73. The van der Waals surface area contributed by atoms with E-state index >= 15 is 0 Å². The maximum atomic E-state index is 12.2. The van der Waals surface area contributed by atoms with Crippen LogP contribution in [0.15, 0.2) is 47.8 Å². The van der Waals surface area contributed by atoms with Gasteiger partial charge in [-0.05, 0) is 49.1 Å². The first-order valence-electron chi connectivity index (χ1n) is 9.48. The van der Waals surface area contributed by atoms with Gasteiger partial charge >= 0.3 is 0 Å². The van der Waals surface area contributed by atoms with Crippen molar-refractivity contribution in [2.45, 2.75) is 38.5 Å². The third kappa shape index (κ3) is 7.54. The van der Waals surface area contributed by atoms with Crippen LogP contribution in [0.4, 0.5) is 5.69 Å². The van der Waals surface area contributed by atoms with E-state index in [1.807, 2.05) is 30.3 Å². The van der Waals surface area contributed by atoms with Crippen LogP contribution in [0.3, 0.4) is 0 Å². The molecule has 2 amide bonds. The van der Waals surface area contributed by atoms with E-state index in [0.29, 0.717) is 18.0 Å². The Morgan fingerprint density at radius 2 is 1.83 bits per heavy atom. The van der Waals surface area contributed by atoms with Crippen molar-refractivity contribution in [2.24, 2.45) is 5.16 Å². The van der Waals surface area contributed by atoms with Gasteiger partial charge in [-0.3, -0.25) is 9.59 Å². The van der Waals surface area contributed by atoms with Gasteiger partial charge in [-0.15, -0.1) is 0 Å². The molecule has 29 heavy (non-hydrogen) atoms. The van der Waals surface area contributed by atoms with Gasteiger partial charge in [-0.25, -0.2) is 4.98 Å². The van der Waals surface area contributed by atoms with Gasteiger partial charge in [-0.1, -0.05) is 41.7 Å². The van der Waals surface area contributed by atoms with E-state index in [-0.39, 0.29) is 17.5 Å². The van der Waals surface area contributed by atoms with Crippen LogP contribution >= 0.6 is 11.6 Å². The smallest absolute Gasteiger partial charge is 0.268 e. The lowest BCUT2D eigenvalue weighted by Gasteiger charge is -2.08. The van der Waals surface area contributed by atoms with Crippen LogP contribution in [-0.4, -0.2) is 34.8 Å². The van der Waals surface area contributed by atoms with E-state index in [2.05, 4.69) is 20.8 Å². The maximum Gasteiger partial charge on any atom is 0.268 e. The second-order valence-electron chi connectivity index (χ2n) is 6.54. The molecule has 8 heteroatoms. The molecule has 2 aromatic rings. The Balaban J connectivity index is 1.72. The Morgan fingerprint density at radius 3 is 2.48 bits per heavy atom. The molecule has 0 atom stereocenters. The van der Waals surface area contributed by atoms with E-state index in [1.54, 1.807) is 12.3 Å². The van der Waals surface area contributed by atoms with E-state index < -0.39 is 0 Å². The van der Waals surface area contributed by atoms with Crippen LogP contribution in [0, 0.1) is 0 Å². The van der Waals surface area contributed by atoms with Crippen molar-refractivity contribution in [3.8, 4) is 11.1 Å². The predicted octanol–water partition coefficient (Wildman–Crippen LogP) is 4.26. The fourth-order valence-corrected chi connectivity index (χ4v) is 2.94. The van der Waals surface area contributed by atoms with E-state index in [1.165, 1.54) is 7.05 Å². The molecule has 0 aliphatic heterocycles. The quantitative estimate of drug-likeness (QED) is 0.177. The Bertz CT molecular complexity index is 853. The first-order chi connectivity index (χ1) is 14.0. The lowest BCUT2D eigenvalue weighted by atomic mass is 10.1. The Morgan fingerprint density at radius 1 is 1.07 bits per heavy atom. The SMILES string of the molecule is CNC(=O)/C(CCCCCCC(=O)Nc1cccc(-c2ccc(Cl)nc2)c1)=N\O. The number of unbranched alkanes of at least 4 members (excludes halogenated alkanes) is 3. The van der Waals surface area contributed by atoms with Crippen molar-refractivity contribution in [2.75, 3.05) is 12.4 Å². The molecule has 0 bridgehead atoms. The molecule has 0 saturated heterocycles. The minimum Gasteiger partial charge on any atom is -0.410 e. The van der Waals surface area contributed by atoms with Gasteiger partial charge < -0.3 is 15.8 Å². The zero-order valence-corrected chi connectivity index (χ0v) is 17.1. The number of halogens is 1. The summed E-state index contributed by atoms with van der Waals surface area (Å²) in [7, 11) is 1.49. The first-order valence-corrected chi connectivity index (χ1v) is 9.86. The highest BCUT2D eigenvalue weighted by molar-refractivity contribution is 6.38. The van der Waals surface area contributed by atoms with Crippen molar-refractivity contribution in [3.05, 3.63) is 47.7 Å². The summed E-state index contributed by atoms with van der Waals surface area (Å²) in [6.45, 7) is 0. The molecule has 1 aromatic heterocycles. The van der Waals surface area contributed by atoms with Crippen molar-refractivity contribution in [1.29, 1.82) is 0 Å². The zero-order valence-electron chi connectivity index (χ0n) is 16.3. The second kappa shape index (κ2) is 11.8. The number of carbonyl (C=O) groups excluding carboxylic acids is 2. The topological polar surface area (TPSA) is 104 Å². The van der Waals surface area contributed by atoms with Crippen LogP contribution in [-0.2, 0) is 9.59 Å². The highest BCUT2D eigenvalue weighted by Gasteiger charge is 2.09. The molecule has 0 fully saturated rings. The number of anilines is 1. The maximum absolute atomic E-state index is 12.2. The standard InChI is InChI=1S/C21H25ClN4O3/c1-23-21(28)18(26-29)9-4-2-3-5-10-20(27)25-17-8-6-7-15(13-17)16-11-12-19(22)24-14-16/h6-8,11-14,29H,2-5,9-10H2,1H3,(H,23,28)(H,25,27)/b26-18-. The summed E-state index contributed by atoms with van der Waals surface area (Å²) in [6, 6.07) is 11.2. The molecule has 0 radical (unpaired) electrons. The molecule has 154 valence electrons. The summed E-state index contributed by atoms with van der Waals surface area (Å²) >= 11 is 5.82. The average Bonchev–Trinajstić information content (AvgIpc) is 2.73. The number of oxime groups is 1. The average molecular weight is 417 g/mol. The first kappa shape index (κ1) is 22.4. The Hall–Kier alpha value is -2.93. The number of aromatic nitrogens is 1. The fraction of sp³-hybridized carbons (Fsp3) is 0.333.